The molecule has 31 heavy (non-hydrogen) atoms. The third-order valence-electron chi connectivity index (χ3n) is 5.05. The van der Waals surface area contributed by atoms with Crippen LogP contribution in [0.4, 0.5) is 17.1 Å². The van der Waals surface area contributed by atoms with E-state index in [1.54, 1.807) is 27.3 Å². The maximum Gasteiger partial charge on any atom is 0.257 e. The number of para-hydroxylation sites is 1. The molecule has 0 saturated carbocycles. The van der Waals surface area contributed by atoms with Gasteiger partial charge >= 0.3 is 0 Å². The van der Waals surface area contributed by atoms with Crippen LogP contribution in [0.5, 0.6) is 5.75 Å². The largest absolute Gasteiger partial charge is 0.505 e. The molecule has 0 unspecified atom stereocenters. The monoisotopic (exact) mass is 423 g/mol. The van der Waals surface area contributed by atoms with Gasteiger partial charge in [-0.05, 0) is 24.6 Å². The van der Waals surface area contributed by atoms with Gasteiger partial charge in [0.25, 0.3) is 16.8 Å². The summed E-state index contributed by atoms with van der Waals surface area (Å²) < 4.78 is 5.58. The van der Waals surface area contributed by atoms with Gasteiger partial charge in [-0.3, -0.25) is 14.4 Å². The highest BCUT2D eigenvalue weighted by Crippen LogP contribution is 2.33. The van der Waals surface area contributed by atoms with E-state index < -0.39 is 10.9 Å². The van der Waals surface area contributed by atoms with Crippen LogP contribution in [0.2, 0.25) is 0 Å². The summed E-state index contributed by atoms with van der Waals surface area (Å²) in [5.74, 6) is -0.684. The second-order valence-corrected chi connectivity index (χ2v) is 7.43. The number of rotatable bonds is 8. The number of anilines is 3. The van der Waals surface area contributed by atoms with Crippen molar-refractivity contribution in [2.75, 3.05) is 31.8 Å². The highest BCUT2D eigenvalue weighted by molar-refractivity contribution is 5.99. The zero-order valence-corrected chi connectivity index (χ0v) is 17.8. The van der Waals surface area contributed by atoms with Crippen molar-refractivity contribution in [1.29, 1.82) is 0 Å². The Bertz CT molecular complexity index is 1150. The molecule has 8 nitrogen and oxygen atoms in total. The van der Waals surface area contributed by atoms with E-state index >= 15 is 0 Å². The van der Waals surface area contributed by atoms with Crippen LogP contribution >= 0.6 is 0 Å². The first-order chi connectivity index (χ1) is 14.8. The van der Waals surface area contributed by atoms with Gasteiger partial charge in [-0.25, -0.2) is 0 Å². The lowest BCUT2D eigenvalue weighted by atomic mass is 10.0. The molecule has 2 atom stereocenters. The second-order valence-electron chi connectivity index (χ2n) is 7.43. The number of phenols is 1. The Morgan fingerprint density at radius 2 is 1.65 bits per heavy atom. The van der Waals surface area contributed by atoms with Gasteiger partial charge in [-0.15, -0.1) is 0 Å². The smallest absolute Gasteiger partial charge is 0.257 e. The Hall–Kier alpha value is -3.65. The number of hydrogen-bond donors (Lipinski definition) is 3. The van der Waals surface area contributed by atoms with E-state index in [2.05, 4.69) is 10.6 Å². The summed E-state index contributed by atoms with van der Waals surface area (Å²) in [6.07, 6.45) is -0.354. The van der Waals surface area contributed by atoms with E-state index in [-0.39, 0.29) is 46.4 Å². The van der Waals surface area contributed by atoms with E-state index in [0.29, 0.717) is 0 Å². The summed E-state index contributed by atoms with van der Waals surface area (Å²) in [4.78, 5) is 38.0. The maximum absolute atomic E-state index is 12.2. The summed E-state index contributed by atoms with van der Waals surface area (Å²) in [5, 5.41) is 16.4. The highest BCUT2D eigenvalue weighted by atomic mass is 16.5. The van der Waals surface area contributed by atoms with Gasteiger partial charge in [-0.1, -0.05) is 36.4 Å². The van der Waals surface area contributed by atoms with E-state index in [0.717, 1.165) is 5.56 Å². The SMILES string of the molecule is CO[C@@H](c1ccccc1)[C@@H](C)Nc1c(Nc2cccc(C(=O)N(C)C)c2O)c(=O)c1=O. The maximum atomic E-state index is 12.2. The minimum atomic E-state index is -0.702. The van der Waals surface area contributed by atoms with Gasteiger partial charge in [0.2, 0.25) is 0 Å². The van der Waals surface area contributed by atoms with Crippen LogP contribution in [0, 0.1) is 0 Å². The highest BCUT2D eigenvalue weighted by Gasteiger charge is 2.27. The number of carbonyl (C=O) groups is 1. The van der Waals surface area contributed by atoms with Crippen LogP contribution in [-0.4, -0.2) is 43.2 Å². The average Bonchev–Trinajstić information content (AvgIpc) is 2.77. The zero-order chi connectivity index (χ0) is 22.7. The quantitative estimate of drug-likeness (QED) is 0.378. The molecule has 162 valence electrons. The molecule has 3 rings (SSSR count). The van der Waals surface area contributed by atoms with Crippen molar-refractivity contribution >= 4 is 23.0 Å². The zero-order valence-electron chi connectivity index (χ0n) is 17.8. The van der Waals surface area contributed by atoms with E-state index in [1.807, 2.05) is 37.3 Å². The molecule has 0 fully saturated rings. The molecular weight excluding hydrogens is 398 g/mol. The van der Waals surface area contributed by atoms with Crippen molar-refractivity contribution < 1.29 is 14.6 Å². The summed E-state index contributed by atoms with van der Waals surface area (Å²) >= 11 is 0. The van der Waals surface area contributed by atoms with Crippen LogP contribution in [0.15, 0.2) is 58.1 Å². The van der Waals surface area contributed by atoms with Gasteiger partial charge in [0, 0.05) is 21.2 Å². The summed E-state index contributed by atoms with van der Waals surface area (Å²) in [6, 6.07) is 13.8. The van der Waals surface area contributed by atoms with Crippen molar-refractivity contribution in [3.05, 3.63) is 80.1 Å². The van der Waals surface area contributed by atoms with E-state index in [1.165, 1.54) is 17.0 Å². The fraction of sp³-hybridized carbons (Fsp3) is 0.261. The molecule has 8 heteroatoms. The molecule has 1 amide bonds. The number of benzene rings is 2. The average molecular weight is 423 g/mol. The molecular formula is C23H25N3O5. The minimum Gasteiger partial charge on any atom is -0.505 e. The first kappa shape index (κ1) is 22.0. The van der Waals surface area contributed by atoms with Gasteiger partial charge in [0.1, 0.15) is 17.5 Å². The Morgan fingerprint density at radius 3 is 2.26 bits per heavy atom. The van der Waals surface area contributed by atoms with Crippen molar-refractivity contribution in [3.8, 4) is 5.75 Å². The first-order valence-electron chi connectivity index (χ1n) is 9.74. The van der Waals surface area contributed by atoms with Gasteiger partial charge in [-0.2, -0.15) is 0 Å². The third-order valence-corrected chi connectivity index (χ3v) is 5.05. The number of carbonyl (C=O) groups excluding carboxylic acids is 1. The molecule has 0 saturated heterocycles. The predicted molar refractivity (Wildman–Crippen MR) is 120 cm³/mol. The minimum absolute atomic E-state index is 0.0320. The molecule has 0 heterocycles. The summed E-state index contributed by atoms with van der Waals surface area (Å²) in [7, 11) is 4.71. The fourth-order valence-corrected chi connectivity index (χ4v) is 3.42. The van der Waals surface area contributed by atoms with Crippen molar-refractivity contribution in [3.63, 3.8) is 0 Å². The fourth-order valence-electron chi connectivity index (χ4n) is 3.42. The molecule has 0 spiro atoms. The lowest BCUT2D eigenvalue weighted by Gasteiger charge is -2.26. The number of ether oxygens (including phenoxy) is 1. The lowest BCUT2D eigenvalue weighted by Crippen LogP contribution is -2.40. The Kier molecular flexibility index (Phi) is 6.41. The number of methoxy groups -OCH3 is 1. The molecule has 3 aromatic rings. The molecule has 3 N–H and O–H groups in total. The van der Waals surface area contributed by atoms with Gasteiger partial charge in [0.05, 0.1) is 17.3 Å². The van der Waals surface area contributed by atoms with Gasteiger partial charge in [0.15, 0.2) is 5.75 Å². The molecule has 3 aromatic carbocycles. The van der Waals surface area contributed by atoms with Crippen LogP contribution in [-0.2, 0) is 4.74 Å². The molecule has 0 aromatic heterocycles. The number of nitrogens with zero attached hydrogens (tertiary/aromatic N) is 1. The molecule has 0 aliphatic carbocycles. The standard InChI is InChI=1S/C23H25N3O5/c1-13(22(31-4)14-9-6-5-7-10-14)24-17-18(21(29)20(17)28)25-16-12-8-11-15(19(16)27)23(30)26(2)3/h5-13,22,24-25,27H,1-4H3/t13-,22-/m1/s1. The predicted octanol–water partition coefficient (Wildman–Crippen LogP) is 2.62. The number of hydrogen-bond acceptors (Lipinski definition) is 7. The number of phenolic OH excluding ortho intramolecular Hbond substituents is 1. The van der Waals surface area contributed by atoms with Crippen molar-refractivity contribution in [2.45, 2.75) is 19.1 Å². The van der Waals surface area contributed by atoms with Crippen LogP contribution in [0.1, 0.15) is 28.9 Å². The molecule has 0 radical (unpaired) electrons. The second kappa shape index (κ2) is 9.01. The van der Waals surface area contributed by atoms with Gasteiger partial charge < -0.3 is 25.4 Å². The van der Waals surface area contributed by atoms with Crippen LogP contribution in [0.25, 0.3) is 0 Å². The Labute approximate surface area is 179 Å². The van der Waals surface area contributed by atoms with E-state index in [9.17, 15) is 19.5 Å². The number of nitrogens with one attached hydrogen (secondary N) is 2. The number of amides is 1. The summed E-state index contributed by atoms with van der Waals surface area (Å²) in [6.45, 7) is 1.84. The van der Waals surface area contributed by atoms with Crippen LogP contribution < -0.4 is 21.5 Å². The molecule has 0 bridgehead atoms. The van der Waals surface area contributed by atoms with Crippen molar-refractivity contribution in [2.24, 2.45) is 0 Å². The molecule has 0 aliphatic heterocycles. The number of aromatic hydroxyl groups is 1. The third kappa shape index (κ3) is 4.29. The summed E-state index contributed by atoms with van der Waals surface area (Å²) in [5.41, 5.74) is -0.0548. The van der Waals surface area contributed by atoms with Crippen molar-refractivity contribution in [1.82, 2.24) is 4.90 Å². The lowest BCUT2D eigenvalue weighted by molar-refractivity contribution is 0.0824. The molecule has 0 aliphatic rings. The topological polar surface area (TPSA) is 108 Å². The van der Waals surface area contributed by atoms with E-state index in [4.69, 9.17) is 4.74 Å². The Morgan fingerprint density at radius 1 is 1.00 bits per heavy atom. The first-order valence-corrected chi connectivity index (χ1v) is 9.74. The van der Waals surface area contributed by atoms with Crippen LogP contribution in [0.3, 0.4) is 0 Å². The normalized spacial score (nSPS) is 12.9. The Balaban J connectivity index is 1.86.